The van der Waals surface area contributed by atoms with E-state index in [2.05, 4.69) is 54.2 Å². The number of carbonyl (C=O) groups excluding carboxylic acids is 1. The Morgan fingerprint density at radius 1 is 1.16 bits per heavy atom. The van der Waals surface area contributed by atoms with Crippen LogP contribution in [0.2, 0.25) is 0 Å². The highest BCUT2D eigenvalue weighted by Crippen LogP contribution is 2.32. The minimum atomic E-state index is -0.0527. The van der Waals surface area contributed by atoms with Crippen LogP contribution < -0.4 is 10.1 Å². The van der Waals surface area contributed by atoms with Crippen LogP contribution in [0.1, 0.15) is 55.0 Å². The van der Waals surface area contributed by atoms with Gasteiger partial charge in [0.25, 0.3) is 0 Å². The van der Waals surface area contributed by atoms with Crippen LogP contribution in [0.4, 0.5) is 0 Å². The van der Waals surface area contributed by atoms with E-state index in [0.29, 0.717) is 12.3 Å². The molecule has 0 saturated heterocycles. The Balaban J connectivity index is 2.15. The van der Waals surface area contributed by atoms with Crippen LogP contribution in [-0.4, -0.2) is 13.0 Å². The number of hydrogen-bond acceptors (Lipinski definition) is 2. The first-order chi connectivity index (χ1) is 11.8. The quantitative estimate of drug-likeness (QED) is 0.709. The molecular formula is C21H26BrNO2. The Hall–Kier alpha value is -1.81. The number of ether oxygens (including phenoxy) is 1. The molecule has 0 heterocycles. The molecule has 0 aliphatic heterocycles. The van der Waals surface area contributed by atoms with E-state index in [9.17, 15) is 4.79 Å². The van der Waals surface area contributed by atoms with E-state index in [4.69, 9.17) is 4.74 Å². The summed E-state index contributed by atoms with van der Waals surface area (Å²) in [6.07, 6.45) is 0.371. The summed E-state index contributed by atoms with van der Waals surface area (Å²) in [4.78, 5) is 12.4. The molecule has 1 N–H and O–H groups in total. The zero-order chi connectivity index (χ0) is 18.6. The van der Waals surface area contributed by atoms with Crippen LogP contribution in [0.25, 0.3) is 0 Å². The van der Waals surface area contributed by atoms with Crippen molar-refractivity contribution >= 4 is 21.8 Å². The first-order valence-corrected chi connectivity index (χ1v) is 9.33. The van der Waals surface area contributed by atoms with Crippen LogP contribution in [0.5, 0.6) is 5.75 Å². The van der Waals surface area contributed by atoms with Gasteiger partial charge >= 0.3 is 0 Å². The van der Waals surface area contributed by atoms with E-state index in [0.717, 1.165) is 32.5 Å². The Bertz CT molecular complexity index is 756. The molecule has 2 aromatic rings. The molecule has 0 aliphatic carbocycles. The van der Waals surface area contributed by atoms with Gasteiger partial charge in [-0.3, -0.25) is 4.79 Å². The molecule has 0 bridgehead atoms. The molecule has 4 heteroatoms. The molecule has 0 spiro atoms. The second kappa shape index (κ2) is 8.52. The molecular weight excluding hydrogens is 378 g/mol. The van der Waals surface area contributed by atoms with Crippen LogP contribution in [0.15, 0.2) is 40.9 Å². The van der Waals surface area contributed by atoms with Crippen molar-refractivity contribution in [1.29, 1.82) is 0 Å². The number of benzene rings is 2. The summed E-state index contributed by atoms with van der Waals surface area (Å²) >= 11 is 3.44. The molecule has 0 aromatic heterocycles. The lowest BCUT2D eigenvalue weighted by molar-refractivity contribution is -0.121. The van der Waals surface area contributed by atoms with Crippen molar-refractivity contribution in [3.8, 4) is 5.75 Å². The van der Waals surface area contributed by atoms with E-state index in [1.807, 2.05) is 31.2 Å². The highest BCUT2D eigenvalue weighted by Gasteiger charge is 2.17. The van der Waals surface area contributed by atoms with Gasteiger partial charge in [0.05, 0.1) is 19.6 Å². The summed E-state index contributed by atoms with van der Waals surface area (Å²) < 4.78 is 6.49. The minimum Gasteiger partial charge on any atom is -0.496 e. The number of halogens is 1. The summed E-state index contributed by atoms with van der Waals surface area (Å²) in [6.45, 7) is 8.37. The van der Waals surface area contributed by atoms with Crippen molar-refractivity contribution in [3.63, 3.8) is 0 Å². The van der Waals surface area contributed by atoms with E-state index in [1.54, 1.807) is 7.11 Å². The maximum atomic E-state index is 12.4. The monoisotopic (exact) mass is 403 g/mol. The van der Waals surface area contributed by atoms with Crippen molar-refractivity contribution in [2.75, 3.05) is 7.11 Å². The smallest absolute Gasteiger partial charge is 0.224 e. The fraction of sp³-hybridized carbons (Fsp3) is 0.381. The van der Waals surface area contributed by atoms with Gasteiger partial charge in [0.15, 0.2) is 0 Å². The molecule has 0 fully saturated rings. The van der Waals surface area contributed by atoms with Crippen LogP contribution in [0, 0.1) is 6.92 Å². The lowest BCUT2D eigenvalue weighted by atomic mass is 9.93. The van der Waals surface area contributed by atoms with Gasteiger partial charge in [0.1, 0.15) is 5.75 Å². The van der Waals surface area contributed by atoms with Gasteiger partial charge in [-0.25, -0.2) is 0 Å². The lowest BCUT2D eigenvalue weighted by Crippen LogP contribution is -2.28. The summed E-state index contributed by atoms with van der Waals surface area (Å²) in [6, 6.07) is 12.0. The van der Waals surface area contributed by atoms with Crippen molar-refractivity contribution in [2.24, 2.45) is 0 Å². The topological polar surface area (TPSA) is 38.3 Å². The van der Waals surface area contributed by atoms with Crippen molar-refractivity contribution in [3.05, 3.63) is 63.1 Å². The minimum absolute atomic E-state index is 0.0203. The zero-order valence-corrected chi connectivity index (χ0v) is 17.1. The fourth-order valence-electron chi connectivity index (χ4n) is 3.01. The highest BCUT2D eigenvalue weighted by atomic mass is 79.9. The number of hydrogen-bond donors (Lipinski definition) is 1. The number of carbonyl (C=O) groups is 1. The Morgan fingerprint density at radius 3 is 2.48 bits per heavy atom. The Kier molecular flexibility index (Phi) is 6.65. The molecule has 0 saturated carbocycles. The Labute approximate surface area is 158 Å². The zero-order valence-electron chi connectivity index (χ0n) is 15.5. The maximum absolute atomic E-state index is 12.4. The second-order valence-corrected chi connectivity index (χ2v) is 7.62. The van der Waals surface area contributed by atoms with Gasteiger partial charge in [-0.15, -0.1) is 0 Å². The molecule has 1 amide bonds. The molecule has 134 valence electrons. The van der Waals surface area contributed by atoms with Crippen LogP contribution in [0.3, 0.4) is 0 Å². The summed E-state index contributed by atoms with van der Waals surface area (Å²) in [5.74, 6) is 1.29. The molecule has 0 unspecified atom stereocenters. The SMILES string of the molecule is COc1cc(C)c([C@H](C)NC(=O)Cc2cccc(Br)c2)cc1C(C)C. The summed E-state index contributed by atoms with van der Waals surface area (Å²) in [5.41, 5.74) is 4.41. The normalized spacial score (nSPS) is 12.1. The largest absolute Gasteiger partial charge is 0.496 e. The van der Waals surface area contributed by atoms with Gasteiger partial charge < -0.3 is 10.1 Å². The third-order valence-corrected chi connectivity index (χ3v) is 4.83. The first kappa shape index (κ1) is 19.5. The standard InChI is InChI=1S/C21H26BrNO2/c1-13(2)18-12-19(14(3)9-20(18)25-5)15(4)23-21(24)11-16-7-6-8-17(22)10-16/h6-10,12-13,15H,11H2,1-5H3,(H,23,24)/t15-/m0/s1. The van der Waals surface area contributed by atoms with E-state index < -0.39 is 0 Å². The predicted octanol–water partition coefficient (Wildman–Crippen LogP) is 5.31. The molecule has 1 atom stereocenters. The second-order valence-electron chi connectivity index (χ2n) is 6.70. The van der Waals surface area contributed by atoms with Crippen LogP contribution >= 0.6 is 15.9 Å². The van der Waals surface area contributed by atoms with E-state index in [1.165, 1.54) is 0 Å². The number of amides is 1. The van der Waals surface area contributed by atoms with Crippen molar-refractivity contribution < 1.29 is 9.53 Å². The van der Waals surface area contributed by atoms with Gasteiger partial charge in [0.2, 0.25) is 5.91 Å². The van der Waals surface area contributed by atoms with Crippen LogP contribution in [-0.2, 0) is 11.2 Å². The molecule has 0 radical (unpaired) electrons. The molecule has 2 rings (SSSR count). The van der Waals surface area contributed by atoms with Gasteiger partial charge in [0, 0.05) is 4.47 Å². The van der Waals surface area contributed by atoms with Gasteiger partial charge in [-0.1, -0.05) is 41.9 Å². The van der Waals surface area contributed by atoms with Gasteiger partial charge in [-0.05, 0) is 66.3 Å². The van der Waals surface area contributed by atoms with Gasteiger partial charge in [-0.2, -0.15) is 0 Å². The Morgan fingerprint density at radius 2 is 1.88 bits per heavy atom. The maximum Gasteiger partial charge on any atom is 0.224 e. The molecule has 0 aliphatic rings. The molecule has 2 aromatic carbocycles. The van der Waals surface area contributed by atoms with E-state index in [-0.39, 0.29) is 11.9 Å². The van der Waals surface area contributed by atoms with Crippen molar-refractivity contribution in [1.82, 2.24) is 5.32 Å². The predicted molar refractivity (Wildman–Crippen MR) is 106 cm³/mol. The number of aryl methyl sites for hydroxylation is 1. The highest BCUT2D eigenvalue weighted by molar-refractivity contribution is 9.10. The average molecular weight is 404 g/mol. The van der Waals surface area contributed by atoms with Crippen molar-refractivity contribution in [2.45, 2.75) is 46.1 Å². The number of nitrogens with one attached hydrogen (secondary N) is 1. The molecule has 3 nitrogen and oxygen atoms in total. The summed E-state index contributed by atoms with van der Waals surface area (Å²) in [7, 11) is 1.70. The third kappa shape index (κ3) is 5.08. The average Bonchev–Trinajstić information content (AvgIpc) is 2.53. The number of rotatable bonds is 6. The number of methoxy groups -OCH3 is 1. The first-order valence-electron chi connectivity index (χ1n) is 8.54. The lowest BCUT2D eigenvalue weighted by Gasteiger charge is -2.21. The third-order valence-electron chi connectivity index (χ3n) is 4.34. The fourth-order valence-corrected chi connectivity index (χ4v) is 3.46. The molecule has 25 heavy (non-hydrogen) atoms. The van der Waals surface area contributed by atoms with E-state index >= 15 is 0 Å². The summed E-state index contributed by atoms with van der Waals surface area (Å²) in [5, 5.41) is 3.11.